The lowest BCUT2D eigenvalue weighted by Crippen LogP contribution is -2.56. The molecule has 1 aliphatic rings. The number of carbonyl (C=O) groups is 1. The molecule has 0 bridgehead atoms. The van der Waals surface area contributed by atoms with E-state index < -0.39 is 17.5 Å². The number of nitrogens with zero attached hydrogens (tertiary/aromatic N) is 3. The van der Waals surface area contributed by atoms with Gasteiger partial charge in [0.1, 0.15) is 17.1 Å². The first-order valence-corrected chi connectivity index (χ1v) is 9.49. The number of piperidine rings is 1. The summed E-state index contributed by atoms with van der Waals surface area (Å²) in [6.07, 6.45) is 3.39. The van der Waals surface area contributed by atoms with Gasteiger partial charge in [0.2, 0.25) is 0 Å². The zero-order chi connectivity index (χ0) is 19.4. The lowest BCUT2D eigenvalue weighted by atomic mass is 9.71. The lowest BCUT2D eigenvalue weighted by Gasteiger charge is -2.43. The molecule has 2 aromatic rings. The SMILES string of the molecule is CCCc1cnc(C)nc1N1CC[C@](Cc2ccccc2)(C(=O)O)[C@H](O)C1. The molecule has 144 valence electrons. The van der Waals surface area contributed by atoms with Crippen molar-refractivity contribution in [2.75, 3.05) is 18.0 Å². The maximum Gasteiger partial charge on any atom is 0.312 e. The van der Waals surface area contributed by atoms with Gasteiger partial charge in [-0.15, -0.1) is 0 Å². The lowest BCUT2D eigenvalue weighted by molar-refractivity contribution is -0.158. The summed E-state index contributed by atoms with van der Waals surface area (Å²) in [6.45, 7) is 4.75. The smallest absolute Gasteiger partial charge is 0.312 e. The Labute approximate surface area is 159 Å². The summed E-state index contributed by atoms with van der Waals surface area (Å²) in [5.41, 5.74) is 0.795. The Morgan fingerprint density at radius 3 is 2.70 bits per heavy atom. The number of carboxylic acid groups (broad SMARTS) is 1. The van der Waals surface area contributed by atoms with Gasteiger partial charge in [0.05, 0.1) is 6.10 Å². The zero-order valence-corrected chi connectivity index (χ0v) is 15.9. The van der Waals surface area contributed by atoms with Crippen LogP contribution >= 0.6 is 0 Å². The number of benzene rings is 1. The fraction of sp³-hybridized carbons (Fsp3) is 0.476. The van der Waals surface area contributed by atoms with Crippen LogP contribution in [0, 0.1) is 12.3 Å². The van der Waals surface area contributed by atoms with Crippen molar-refractivity contribution in [2.24, 2.45) is 5.41 Å². The maximum absolute atomic E-state index is 12.2. The van der Waals surface area contributed by atoms with Gasteiger partial charge < -0.3 is 15.1 Å². The summed E-state index contributed by atoms with van der Waals surface area (Å²) in [7, 11) is 0. The van der Waals surface area contributed by atoms with Crippen LogP contribution in [0.5, 0.6) is 0 Å². The van der Waals surface area contributed by atoms with Crippen LogP contribution in [0.3, 0.4) is 0 Å². The van der Waals surface area contributed by atoms with Crippen molar-refractivity contribution in [3.63, 3.8) is 0 Å². The number of anilines is 1. The summed E-state index contributed by atoms with van der Waals surface area (Å²) in [4.78, 5) is 23.0. The van der Waals surface area contributed by atoms with Gasteiger partial charge in [0, 0.05) is 24.8 Å². The molecule has 2 heterocycles. The highest BCUT2D eigenvalue weighted by Gasteiger charge is 2.49. The Bertz CT molecular complexity index is 797. The minimum Gasteiger partial charge on any atom is -0.481 e. The molecule has 2 atom stereocenters. The van der Waals surface area contributed by atoms with E-state index in [-0.39, 0.29) is 6.54 Å². The Hall–Kier alpha value is -2.47. The highest BCUT2D eigenvalue weighted by atomic mass is 16.4. The topological polar surface area (TPSA) is 86.6 Å². The Morgan fingerprint density at radius 2 is 2.07 bits per heavy atom. The van der Waals surface area contributed by atoms with E-state index in [0.29, 0.717) is 25.2 Å². The molecule has 0 aliphatic carbocycles. The third-order valence-electron chi connectivity index (χ3n) is 5.43. The molecule has 27 heavy (non-hydrogen) atoms. The van der Waals surface area contributed by atoms with Gasteiger partial charge >= 0.3 is 5.97 Å². The van der Waals surface area contributed by atoms with Gasteiger partial charge in [0.15, 0.2) is 0 Å². The predicted octanol–water partition coefficient (Wildman–Crippen LogP) is 2.62. The molecule has 1 aromatic carbocycles. The fourth-order valence-electron chi connectivity index (χ4n) is 3.86. The molecule has 2 N–H and O–H groups in total. The second-order valence-electron chi connectivity index (χ2n) is 7.35. The van der Waals surface area contributed by atoms with E-state index in [0.717, 1.165) is 29.8 Å². The number of aliphatic hydroxyl groups excluding tert-OH is 1. The summed E-state index contributed by atoms with van der Waals surface area (Å²) >= 11 is 0. The Morgan fingerprint density at radius 1 is 1.33 bits per heavy atom. The molecule has 3 rings (SSSR count). The number of hydrogen-bond acceptors (Lipinski definition) is 5. The van der Waals surface area contributed by atoms with Crippen LogP contribution in [0.25, 0.3) is 0 Å². The van der Waals surface area contributed by atoms with Crippen molar-refractivity contribution in [3.8, 4) is 0 Å². The van der Waals surface area contributed by atoms with Crippen molar-refractivity contribution in [1.82, 2.24) is 9.97 Å². The zero-order valence-electron chi connectivity index (χ0n) is 15.9. The van der Waals surface area contributed by atoms with E-state index in [1.807, 2.05) is 48.4 Å². The van der Waals surface area contributed by atoms with Crippen molar-refractivity contribution in [3.05, 3.63) is 53.5 Å². The van der Waals surface area contributed by atoms with Gasteiger partial charge in [-0.2, -0.15) is 0 Å². The Balaban J connectivity index is 1.86. The number of aromatic nitrogens is 2. The normalized spacial score (nSPS) is 22.6. The van der Waals surface area contributed by atoms with Crippen LogP contribution in [-0.2, 0) is 17.6 Å². The summed E-state index contributed by atoms with van der Waals surface area (Å²) in [5, 5.41) is 20.9. The standard InChI is InChI=1S/C21H27N3O3/c1-3-7-17-13-22-15(2)23-19(17)24-11-10-21(20(26)27,18(25)14-24)12-16-8-5-4-6-9-16/h4-6,8-9,13,18,25H,3,7,10-12,14H2,1-2H3,(H,26,27)/t18-,21-/m1/s1. The van der Waals surface area contributed by atoms with Gasteiger partial charge in [-0.05, 0) is 31.7 Å². The van der Waals surface area contributed by atoms with E-state index in [2.05, 4.69) is 16.9 Å². The summed E-state index contributed by atoms with van der Waals surface area (Å²) in [6, 6.07) is 9.52. The number of rotatable bonds is 6. The van der Waals surface area contributed by atoms with E-state index in [9.17, 15) is 15.0 Å². The minimum atomic E-state index is -1.18. The molecule has 1 saturated heterocycles. The third kappa shape index (κ3) is 3.95. The first-order chi connectivity index (χ1) is 13.0. The second-order valence-corrected chi connectivity index (χ2v) is 7.35. The highest BCUT2D eigenvalue weighted by Crippen LogP contribution is 2.37. The molecule has 6 nitrogen and oxygen atoms in total. The van der Waals surface area contributed by atoms with Crippen molar-refractivity contribution in [2.45, 2.75) is 45.6 Å². The predicted molar refractivity (Wildman–Crippen MR) is 104 cm³/mol. The minimum absolute atomic E-state index is 0.256. The molecule has 6 heteroatoms. The third-order valence-corrected chi connectivity index (χ3v) is 5.43. The average Bonchev–Trinajstić information content (AvgIpc) is 2.65. The van der Waals surface area contributed by atoms with Gasteiger partial charge in [-0.1, -0.05) is 43.7 Å². The number of aliphatic hydroxyl groups is 1. The van der Waals surface area contributed by atoms with Gasteiger partial charge in [0.25, 0.3) is 0 Å². The molecular weight excluding hydrogens is 342 g/mol. The molecule has 1 aromatic heterocycles. The summed E-state index contributed by atoms with van der Waals surface area (Å²) in [5.74, 6) is 0.562. The molecular formula is C21H27N3O3. The molecule has 0 spiro atoms. The largest absolute Gasteiger partial charge is 0.481 e. The van der Waals surface area contributed by atoms with Crippen molar-refractivity contribution in [1.29, 1.82) is 0 Å². The monoisotopic (exact) mass is 369 g/mol. The summed E-state index contributed by atoms with van der Waals surface area (Å²) < 4.78 is 0. The fourth-order valence-corrected chi connectivity index (χ4v) is 3.86. The van der Waals surface area contributed by atoms with Crippen LogP contribution in [-0.4, -0.2) is 45.3 Å². The quantitative estimate of drug-likeness (QED) is 0.814. The number of hydrogen-bond donors (Lipinski definition) is 2. The molecule has 0 amide bonds. The average molecular weight is 369 g/mol. The van der Waals surface area contributed by atoms with Crippen LogP contribution in [0.4, 0.5) is 5.82 Å². The number of carboxylic acids is 1. The van der Waals surface area contributed by atoms with Crippen LogP contribution in [0.2, 0.25) is 0 Å². The maximum atomic E-state index is 12.2. The molecule has 1 aliphatic heterocycles. The van der Waals surface area contributed by atoms with E-state index >= 15 is 0 Å². The number of aryl methyl sites for hydroxylation is 2. The Kier molecular flexibility index (Phi) is 5.75. The van der Waals surface area contributed by atoms with E-state index in [1.54, 1.807) is 0 Å². The first-order valence-electron chi connectivity index (χ1n) is 9.49. The highest BCUT2D eigenvalue weighted by molar-refractivity contribution is 5.76. The number of aliphatic carboxylic acids is 1. The molecule has 1 fully saturated rings. The van der Waals surface area contributed by atoms with Crippen LogP contribution in [0.1, 0.15) is 36.7 Å². The van der Waals surface area contributed by atoms with Crippen LogP contribution in [0.15, 0.2) is 36.5 Å². The number of β-amino-alcohol motifs (C(OH)–C–C–N with tert-alkyl or cyclic N) is 1. The van der Waals surface area contributed by atoms with Gasteiger partial charge in [-0.25, -0.2) is 9.97 Å². The van der Waals surface area contributed by atoms with Gasteiger partial charge in [-0.3, -0.25) is 4.79 Å². The second kappa shape index (κ2) is 8.05. The molecule has 0 saturated carbocycles. The van der Waals surface area contributed by atoms with Crippen LogP contribution < -0.4 is 4.90 Å². The van der Waals surface area contributed by atoms with Crippen molar-refractivity contribution < 1.29 is 15.0 Å². The van der Waals surface area contributed by atoms with E-state index in [1.165, 1.54) is 0 Å². The van der Waals surface area contributed by atoms with E-state index in [4.69, 9.17) is 0 Å². The molecule has 0 unspecified atom stereocenters. The van der Waals surface area contributed by atoms with Crippen molar-refractivity contribution >= 4 is 11.8 Å². The molecule has 0 radical (unpaired) electrons. The first kappa shape index (κ1) is 19.3.